The van der Waals surface area contributed by atoms with E-state index in [1.165, 1.54) is 25.7 Å². The van der Waals surface area contributed by atoms with E-state index in [0.717, 1.165) is 38.8 Å². The fourth-order valence-electron chi connectivity index (χ4n) is 4.93. The molecule has 3 rings (SSSR count). The SMILES string of the molecule is CC(C)CC1(C(=O)N2C3CCNCC2CC3)CCCC1. The van der Waals surface area contributed by atoms with Crippen LogP contribution in [0.25, 0.3) is 0 Å². The summed E-state index contributed by atoms with van der Waals surface area (Å²) in [5.41, 5.74) is -0.0145. The Morgan fingerprint density at radius 2 is 1.90 bits per heavy atom. The predicted octanol–water partition coefficient (Wildman–Crippen LogP) is 2.95. The minimum absolute atomic E-state index is 0.0145. The molecule has 114 valence electrons. The molecule has 2 saturated heterocycles. The normalized spacial score (nSPS) is 32.6. The molecule has 3 heteroatoms. The van der Waals surface area contributed by atoms with Gasteiger partial charge >= 0.3 is 0 Å². The van der Waals surface area contributed by atoms with E-state index in [4.69, 9.17) is 0 Å². The number of rotatable bonds is 3. The van der Waals surface area contributed by atoms with Crippen LogP contribution in [0.5, 0.6) is 0 Å². The monoisotopic (exact) mass is 278 g/mol. The minimum Gasteiger partial charge on any atom is -0.335 e. The number of amides is 1. The lowest BCUT2D eigenvalue weighted by molar-refractivity contribution is -0.145. The van der Waals surface area contributed by atoms with Crippen LogP contribution in [0.15, 0.2) is 0 Å². The molecule has 0 aromatic carbocycles. The first-order valence-electron chi connectivity index (χ1n) is 8.66. The van der Waals surface area contributed by atoms with E-state index in [-0.39, 0.29) is 5.41 Å². The van der Waals surface area contributed by atoms with Gasteiger partial charge in [-0.2, -0.15) is 0 Å². The zero-order chi connectivity index (χ0) is 14.2. The van der Waals surface area contributed by atoms with Crippen molar-refractivity contribution in [1.29, 1.82) is 0 Å². The van der Waals surface area contributed by atoms with Crippen LogP contribution < -0.4 is 5.32 Å². The van der Waals surface area contributed by atoms with Crippen molar-refractivity contribution in [1.82, 2.24) is 10.2 Å². The Balaban J connectivity index is 1.82. The molecule has 3 nitrogen and oxygen atoms in total. The van der Waals surface area contributed by atoms with Crippen molar-refractivity contribution in [2.75, 3.05) is 13.1 Å². The van der Waals surface area contributed by atoms with Gasteiger partial charge in [-0.05, 0) is 51.0 Å². The van der Waals surface area contributed by atoms with Crippen LogP contribution in [0.3, 0.4) is 0 Å². The van der Waals surface area contributed by atoms with Crippen LogP contribution in [-0.2, 0) is 4.79 Å². The van der Waals surface area contributed by atoms with Crippen molar-refractivity contribution < 1.29 is 4.79 Å². The van der Waals surface area contributed by atoms with Gasteiger partial charge < -0.3 is 10.2 Å². The Kier molecular flexibility index (Phi) is 4.07. The topological polar surface area (TPSA) is 32.3 Å². The van der Waals surface area contributed by atoms with E-state index in [1.54, 1.807) is 0 Å². The average Bonchev–Trinajstić information content (AvgIpc) is 2.92. The summed E-state index contributed by atoms with van der Waals surface area (Å²) in [6, 6.07) is 0.992. The minimum atomic E-state index is -0.0145. The Labute approximate surface area is 123 Å². The summed E-state index contributed by atoms with van der Waals surface area (Å²) in [5, 5.41) is 3.51. The summed E-state index contributed by atoms with van der Waals surface area (Å²) in [7, 11) is 0. The lowest BCUT2D eigenvalue weighted by Gasteiger charge is -2.38. The van der Waals surface area contributed by atoms with E-state index in [0.29, 0.717) is 23.9 Å². The van der Waals surface area contributed by atoms with Gasteiger partial charge in [0.1, 0.15) is 0 Å². The number of hydrogen-bond donors (Lipinski definition) is 1. The molecule has 3 fully saturated rings. The molecule has 1 amide bonds. The van der Waals surface area contributed by atoms with Gasteiger partial charge in [-0.25, -0.2) is 0 Å². The van der Waals surface area contributed by atoms with Gasteiger partial charge in [0.05, 0.1) is 0 Å². The number of hydrogen-bond acceptors (Lipinski definition) is 2. The zero-order valence-corrected chi connectivity index (χ0v) is 13.2. The third-order valence-electron chi connectivity index (χ3n) is 5.70. The molecular formula is C17H30N2O. The smallest absolute Gasteiger partial charge is 0.229 e. The van der Waals surface area contributed by atoms with E-state index in [2.05, 4.69) is 24.1 Å². The van der Waals surface area contributed by atoms with E-state index in [9.17, 15) is 4.79 Å². The lowest BCUT2D eigenvalue weighted by atomic mass is 9.77. The van der Waals surface area contributed by atoms with Crippen LogP contribution in [0.2, 0.25) is 0 Å². The third-order valence-corrected chi connectivity index (χ3v) is 5.70. The molecule has 2 aliphatic heterocycles. The predicted molar refractivity (Wildman–Crippen MR) is 81.5 cm³/mol. The van der Waals surface area contributed by atoms with Crippen molar-refractivity contribution in [3.05, 3.63) is 0 Å². The Morgan fingerprint density at radius 1 is 1.20 bits per heavy atom. The molecule has 2 unspecified atom stereocenters. The molecule has 20 heavy (non-hydrogen) atoms. The highest BCUT2D eigenvalue weighted by atomic mass is 16.2. The highest BCUT2D eigenvalue weighted by Crippen LogP contribution is 2.46. The standard InChI is InChI=1S/C17H30N2O/c1-13(2)11-17(8-3-4-9-17)16(20)19-14-5-6-15(19)12-18-10-7-14/h13-15,18H,3-12H2,1-2H3. The molecule has 0 aromatic rings. The summed E-state index contributed by atoms with van der Waals surface area (Å²) < 4.78 is 0. The number of nitrogens with zero attached hydrogens (tertiary/aromatic N) is 1. The van der Waals surface area contributed by atoms with Crippen LogP contribution in [-0.4, -0.2) is 36.0 Å². The van der Waals surface area contributed by atoms with Gasteiger partial charge in [0.25, 0.3) is 0 Å². The summed E-state index contributed by atoms with van der Waals surface area (Å²) in [6.45, 7) is 6.64. The number of carbonyl (C=O) groups is 1. The highest BCUT2D eigenvalue weighted by molar-refractivity contribution is 5.84. The van der Waals surface area contributed by atoms with Crippen LogP contribution in [0.1, 0.15) is 65.2 Å². The van der Waals surface area contributed by atoms with E-state index < -0.39 is 0 Å². The molecule has 2 heterocycles. The molecule has 0 aromatic heterocycles. The second-order valence-electron chi connectivity index (χ2n) is 7.68. The van der Waals surface area contributed by atoms with Gasteiger partial charge in [-0.15, -0.1) is 0 Å². The van der Waals surface area contributed by atoms with Gasteiger partial charge in [0.2, 0.25) is 5.91 Å². The van der Waals surface area contributed by atoms with Gasteiger partial charge in [0.15, 0.2) is 0 Å². The summed E-state index contributed by atoms with van der Waals surface area (Å²) in [6.07, 6.45) is 9.45. The fourth-order valence-corrected chi connectivity index (χ4v) is 4.93. The molecule has 2 bridgehead atoms. The third kappa shape index (κ3) is 2.49. The summed E-state index contributed by atoms with van der Waals surface area (Å²) in [4.78, 5) is 15.7. The van der Waals surface area contributed by atoms with Crippen molar-refractivity contribution in [3.8, 4) is 0 Å². The molecule has 2 atom stereocenters. The first-order chi connectivity index (χ1) is 9.62. The average molecular weight is 278 g/mol. The fraction of sp³-hybridized carbons (Fsp3) is 0.941. The van der Waals surface area contributed by atoms with Crippen LogP contribution >= 0.6 is 0 Å². The maximum absolute atomic E-state index is 13.4. The van der Waals surface area contributed by atoms with Crippen LogP contribution in [0, 0.1) is 11.3 Å². The molecule has 3 aliphatic rings. The number of carbonyl (C=O) groups excluding carboxylic acids is 1. The molecule has 1 aliphatic carbocycles. The quantitative estimate of drug-likeness (QED) is 0.861. The molecule has 1 N–H and O–H groups in total. The second-order valence-corrected chi connectivity index (χ2v) is 7.68. The molecule has 0 spiro atoms. The largest absolute Gasteiger partial charge is 0.335 e. The van der Waals surface area contributed by atoms with Crippen molar-refractivity contribution in [2.24, 2.45) is 11.3 Å². The van der Waals surface area contributed by atoms with Crippen LogP contribution in [0.4, 0.5) is 0 Å². The maximum Gasteiger partial charge on any atom is 0.229 e. The first kappa shape index (κ1) is 14.4. The second kappa shape index (κ2) is 5.67. The maximum atomic E-state index is 13.4. The number of fused-ring (bicyclic) bond motifs is 2. The van der Waals surface area contributed by atoms with Gasteiger partial charge in [0, 0.05) is 24.0 Å². The van der Waals surface area contributed by atoms with E-state index >= 15 is 0 Å². The van der Waals surface area contributed by atoms with Gasteiger partial charge in [-0.3, -0.25) is 4.79 Å². The zero-order valence-electron chi connectivity index (χ0n) is 13.2. The van der Waals surface area contributed by atoms with Crippen molar-refractivity contribution in [2.45, 2.75) is 77.3 Å². The molecule has 1 saturated carbocycles. The van der Waals surface area contributed by atoms with Crippen molar-refractivity contribution >= 4 is 5.91 Å². The van der Waals surface area contributed by atoms with Crippen molar-refractivity contribution in [3.63, 3.8) is 0 Å². The Bertz CT molecular complexity index is 346. The summed E-state index contributed by atoms with van der Waals surface area (Å²) >= 11 is 0. The van der Waals surface area contributed by atoms with E-state index in [1.807, 2.05) is 0 Å². The molecule has 0 radical (unpaired) electrons. The van der Waals surface area contributed by atoms with Gasteiger partial charge in [-0.1, -0.05) is 26.7 Å². The Morgan fingerprint density at radius 3 is 2.60 bits per heavy atom. The molecular weight excluding hydrogens is 248 g/mol. The number of nitrogens with one attached hydrogen (secondary N) is 1. The lowest BCUT2D eigenvalue weighted by Crippen LogP contribution is -2.50. The Hall–Kier alpha value is -0.570. The first-order valence-corrected chi connectivity index (χ1v) is 8.66. The summed E-state index contributed by atoms with van der Waals surface area (Å²) in [5.74, 6) is 1.14. The highest BCUT2D eigenvalue weighted by Gasteiger charge is 2.48.